The van der Waals surface area contributed by atoms with E-state index in [0.717, 1.165) is 0 Å². The van der Waals surface area contributed by atoms with Gasteiger partial charge < -0.3 is 15.8 Å². The van der Waals surface area contributed by atoms with Gasteiger partial charge in [0.1, 0.15) is 11.9 Å². The van der Waals surface area contributed by atoms with Crippen LogP contribution >= 0.6 is 0 Å². The van der Waals surface area contributed by atoms with Crippen molar-refractivity contribution in [2.24, 2.45) is 5.73 Å². The van der Waals surface area contributed by atoms with E-state index in [9.17, 15) is 23.7 Å². The van der Waals surface area contributed by atoms with E-state index < -0.39 is 39.9 Å². The van der Waals surface area contributed by atoms with E-state index in [0.29, 0.717) is 25.0 Å². The highest BCUT2D eigenvalue weighted by Gasteiger charge is 2.30. The number of nitrogens with zero attached hydrogens (tertiary/aromatic N) is 1. The van der Waals surface area contributed by atoms with E-state index in [1.807, 2.05) is 0 Å². The van der Waals surface area contributed by atoms with Crippen molar-refractivity contribution in [1.82, 2.24) is 0 Å². The van der Waals surface area contributed by atoms with Crippen LogP contribution in [0, 0.1) is 21.7 Å². The van der Waals surface area contributed by atoms with Gasteiger partial charge in [-0.05, 0) is 12.8 Å². The van der Waals surface area contributed by atoms with Crippen molar-refractivity contribution in [3.63, 3.8) is 0 Å². The lowest BCUT2D eigenvalue weighted by Gasteiger charge is -2.13. The monoisotopic (exact) mass is 301 g/mol. The van der Waals surface area contributed by atoms with Crippen LogP contribution < -0.4 is 11.1 Å². The van der Waals surface area contributed by atoms with Crippen LogP contribution in [0.2, 0.25) is 0 Å². The highest BCUT2D eigenvalue weighted by molar-refractivity contribution is 5.94. The summed E-state index contributed by atoms with van der Waals surface area (Å²) in [4.78, 5) is 21.5. The molecule has 7 nitrogen and oxygen atoms in total. The summed E-state index contributed by atoms with van der Waals surface area (Å²) in [6.07, 6.45) is -0.0330. The molecular formula is C12H13F2N3O4. The van der Waals surface area contributed by atoms with Gasteiger partial charge in [0.05, 0.1) is 16.7 Å². The van der Waals surface area contributed by atoms with Crippen molar-refractivity contribution in [2.75, 3.05) is 11.9 Å². The van der Waals surface area contributed by atoms with Gasteiger partial charge in [-0.3, -0.25) is 14.9 Å². The second-order valence-corrected chi connectivity index (χ2v) is 4.59. The zero-order valence-electron chi connectivity index (χ0n) is 10.8. The number of nitro groups is 1. The van der Waals surface area contributed by atoms with Crippen LogP contribution in [0.5, 0.6) is 0 Å². The lowest BCUT2D eigenvalue weighted by Crippen LogP contribution is -2.30. The number of nitrogens with two attached hydrogens (primary N) is 1. The summed E-state index contributed by atoms with van der Waals surface area (Å²) in [6.45, 7) is 0.264. The smallest absolute Gasteiger partial charge is 0.307 e. The molecule has 9 heteroatoms. The van der Waals surface area contributed by atoms with E-state index in [1.54, 1.807) is 0 Å². The van der Waals surface area contributed by atoms with Crippen molar-refractivity contribution >= 4 is 17.3 Å². The first-order chi connectivity index (χ1) is 9.92. The minimum absolute atomic E-state index is 0.242. The highest BCUT2D eigenvalue weighted by Crippen LogP contribution is 2.26. The van der Waals surface area contributed by atoms with Gasteiger partial charge in [0.25, 0.3) is 5.91 Å². The SMILES string of the molecule is NCC1CCC(C(=O)Nc2cc([N+](=O)[O-])c(F)cc2F)O1. The fourth-order valence-corrected chi connectivity index (χ4v) is 2.06. The number of ether oxygens (including phenoxy) is 1. The number of anilines is 1. The molecule has 3 N–H and O–H groups in total. The summed E-state index contributed by atoms with van der Waals surface area (Å²) in [7, 11) is 0. The Morgan fingerprint density at radius 1 is 1.43 bits per heavy atom. The molecule has 0 spiro atoms. The quantitative estimate of drug-likeness (QED) is 0.644. The molecular weight excluding hydrogens is 288 g/mol. The van der Waals surface area contributed by atoms with Gasteiger partial charge in [-0.1, -0.05) is 0 Å². The summed E-state index contributed by atoms with van der Waals surface area (Å²) >= 11 is 0. The molecule has 1 fully saturated rings. The van der Waals surface area contributed by atoms with Crippen molar-refractivity contribution in [3.05, 3.63) is 33.9 Å². The largest absolute Gasteiger partial charge is 0.364 e. The van der Waals surface area contributed by atoms with Crippen LogP contribution in [-0.4, -0.2) is 29.6 Å². The standard InChI is InChI=1S/C12H13F2N3O4/c13-7-3-8(14)10(17(19)20)4-9(7)16-12(18)11-2-1-6(5-15)21-11/h3-4,6,11H,1-2,5,15H2,(H,16,18). The van der Waals surface area contributed by atoms with E-state index >= 15 is 0 Å². The Hall–Kier alpha value is -2.13. The second-order valence-electron chi connectivity index (χ2n) is 4.59. The van der Waals surface area contributed by atoms with Crippen molar-refractivity contribution in [2.45, 2.75) is 25.0 Å². The molecule has 1 aromatic carbocycles. The predicted molar refractivity (Wildman–Crippen MR) is 68.6 cm³/mol. The molecule has 0 aliphatic carbocycles. The van der Waals surface area contributed by atoms with Crippen LogP contribution in [0.15, 0.2) is 12.1 Å². The van der Waals surface area contributed by atoms with Gasteiger partial charge in [-0.25, -0.2) is 4.39 Å². The Kier molecular flexibility index (Phi) is 4.43. The third-order valence-electron chi connectivity index (χ3n) is 3.15. The molecule has 2 rings (SSSR count). The first kappa shape index (κ1) is 15.3. The molecule has 1 aromatic rings. The zero-order chi connectivity index (χ0) is 15.6. The number of carbonyl (C=O) groups is 1. The van der Waals surface area contributed by atoms with Crippen molar-refractivity contribution in [1.29, 1.82) is 0 Å². The number of nitro benzene ring substituents is 1. The molecule has 0 aromatic heterocycles. The fraction of sp³-hybridized carbons (Fsp3) is 0.417. The topological polar surface area (TPSA) is 107 Å². The number of rotatable bonds is 4. The summed E-state index contributed by atoms with van der Waals surface area (Å²) in [5.74, 6) is -3.05. The number of carbonyl (C=O) groups excluding carboxylic acids is 1. The van der Waals surface area contributed by atoms with Gasteiger partial charge in [0, 0.05) is 18.7 Å². The first-order valence-electron chi connectivity index (χ1n) is 6.22. The number of hydrogen-bond acceptors (Lipinski definition) is 5. The van der Waals surface area contributed by atoms with Gasteiger partial charge in [0.2, 0.25) is 5.82 Å². The molecule has 1 aliphatic rings. The van der Waals surface area contributed by atoms with E-state index in [-0.39, 0.29) is 12.6 Å². The molecule has 1 amide bonds. The second kappa shape index (κ2) is 6.10. The normalized spacial score (nSPS) is 21.3. The molecule has 2 atom stereocenters. The van der Waals surface area contributed by atoms with Gasteiger partial charge in [-0.15, -0.1) is 0 Å². The zero-order valence-corrected chi connectivity index (χ0v) is 10.8. The molecule has 21 heavy (non-hydrogen) atoms. The Balaban J connectivity index is 2.14. The minimum Gasteiger partial charge on any atom is -0.364 e. The first-order valence-corrected chi connectivity index (χ1v) is 6.22. The average Bonchev–Trinajstić information content (AvgIpc) is 2.90. The van der Waals surface area contributed by atoms with Crippen LogP contribution in [0.3, 0.4) is 0 Å². The molecule has 0 radical (unpaired) electrons. The molecule has 1 aliphatic heterocycles. The Morgan fingerprint density at radius 3 is 2.71 bits per heavy atom. The number of amides is 1. The highest BCUT2D eigenvalue weighted by atomic mass is 19.1. The van der Waals surface area contributed by atoms with Crippen molar-refractivity contribution in [3.8, 4) is 0 Å². The third-order valence-corrected chi connectivity index (χ3v) is 3.15. The number of nitrogens with one attached hydrogen (secondary N) is 1. The number of benzene rings is 1. The third kappa shape index (κ3) is 3.31. The van der Waals surface area contributed by atoms with Crippen LogP contribution in [0.1, 0.15) is 12.8 Å². The fourth-order valence-electron chi connectivity index (χ4n) is 2.06. The predicted octanol–water partition coefficient (Wildman–Crippen LogP) is 1.32. The van der Waals surface area contributed by atoms with E-state index in [1.165, 1.54) is 0 Å². The Bertz CT molecular complexity index is 582. The molecule has 2 unspecified atom stereocenters. The maximum Gasteiger partial charge on any atom is 0.307 e. The lowest BCUT2D eigenvalue weighted by atomic mass is 10.2. The molecule has 0 bridgehead atoms. The maximum absolute atomic E-state index is 13.5. The summed E-state index contributed by atoms with van der Waals surface area (Å²) in [5.41, 5.74) is 4.03. The van der Waals surface area contributed by atoms with Crippen LogP contribution in [0.4, 0.5) is 20.2 Å². The number of hydrogen-bond donors (Lipinski definition) is 2. The summed E-state index contributed by atoms with van der Waals surface area (Å²) in [6, 6.07) is 0.990. The lowest BCUT2D eigenvalue weighted by molar-refractivity contribution is -0.387. The molecule has 0 saturated carbocycles. The number of halogens is 2. The van der Waals surface area contributed by atoms with Crippen molar-refractivity contribution < 1.29 is 23.2 Å². The van der Waals surface area contributed by atoms with Crippen LogP contribution in [0.25, 0.3) is 0 Å². The molecule has 1 saturated heterocycles. The summed E-state index contributed by atoms with van der Waals surface area (Å²) in [5, 5.41) is 12.8. The Labute approximate surface area is 118 Å². The van der Waals surface area contributed by atoms with E-state index in [4.69, 9.17) is 10.5 Å². The maximum atomic E-state index is 13.5. The summed E-state index contributed by atoms with van der Waals surface area (Å²) < 4.78 is 32.0. The van der Waals surface area contributed by atoms with Crippen LogP contribution in [-0.2, 0) is 9.53 Å². The van der Waals surface area contributed by atoms with E-state index in [2.05, 4.69) is 5.32 Å². The van der Waals surface area contributed by atoms with Gasteiger partial charge in [0.15, 0.2) is 0 Å². The van der Waals surface area contributed by atoms with Gasteiger partial charge >= 0.3 is 5.69 Å². The molecule has 114 valence electrons. The average molecular weight is 301 g/mol. The minimum atomic E-state index is -1.31. The Morgan fingerprint density at radius 2 is 2.14 bits per heavy atom. The van der Waals surface area contributed by atoms with Gasteiger partial charge in [-0.2, -0.15) is 4.39 Å². The molecule has 1 heterocycles.